The fraction of sp³-hybridized carbons (Fsp3) is 0.273. The average molecular weight is 408 g/mol. The summed E-state index contributed by atoms with van der Waals surface area (Å²) in [6.45, 7) is 0. The van der Waals surface area contributed by atoms with Crippen molar-refractivity contribution in [1.29, 1.82) is 0 Å². The van der Waals surface area contributed by atoms with Crippen LogP contribution in [0.3, 0.4) is 0 Å². The molecule has 0 bridgehead atoms. The molecule has 1 aromatic carbocycles. The summed E-state index contributed by atoms with van der Waals surface area (Å²) in [5.41, 5.74) is 13.3. The van der Waals surface area contributed by atoms with Gasteiger partial charge in [-0.1, -0.05) is 12.8 Å². The first-order valence-corrected chi connectivity index (χ1v) is 10.0. The van der Waals surface area contributed by atoms with Gasteiger partial charge in [-0.25, -0.2) is 9.37 Å². The molecule has 30 heavy (non-hydrogen) atoms. The summed E-state index contributed by atoms with van der Waals surface area (Å²) < 4.78 is 16.6. The molecule has 0 radical (unpaired) electrons. The first-order valence-electron chi connectivity index (χ1n) is 10.0. The van der Waals surface area contributed by atoms with E-state index < -0.39 is 11.7 Å². The fourth-order valence-electron chi connectivity index (χ4n) is 3.75. The number of pyridine rings is 1. The van der Waals surface area contributed by atoms with Crippen molar-refractivity contribution in [2.45, 2.75) is 37.8 Å². The van der Waals surface area contributed by atoms with E-state index in [9.17, 15) is 9.18 Å². The van der Waals surface area contributed by atoms with Crippen molar-refractivity contribution in [3.8, 4) is 5.69 Å². The minimum Gasteiger partial charge on any atom is -0.365 e. The van der Waals surface area contributed by atoms with Crippen LogP contribution in [0.25, 0.3) is 5.69 Å². The van der Waals surface area contributed by atoms with Crippen LogP contribution in [0.15, 0.2) is 54.9 Å². The number of benzene rings is 1. The van der Waals surface area contributed by atoms with Crippen molar-refractivity contribution in [1.82, 2.24) is 9.55 Å². The van der Waals surface area contributed by atoms with Gasteiger partial charge >= 0.3 is 0 Å². The van der Waals surface area contributed by atoms with E-state index in [1.54, 1.807) is 0 Å². The number of anilines is 3. The zero-order valence-electron chi connectivity index (χ0n) is 16.5. The molecule has 1 amide bonds. The highest BCUT2D eigenvalue weighted by Gasteiger charge is 2.24. The van der Waals surface area contributed by atoms with Crippen molar-refractivity contribution in [3.05, 3.63) is 66.2 Å². The molecule has 0 saturated heterocycles. The van der Waals surface area contributed by atoms with Crippen LogP contribution in [0, 0.1) is 5.82 Å². The third-order valence-electron chi connectivity index (χ3n) is 5.42. The molecule has 2 atom stereocenters. The number of primary amides is 1. The van der Waals surface area contributed by atoms with Crippen LogP contribution >= 0.6 is 0 Å². The summed E-state index contributed by atoms with van der Waals surface area (Å²) in [7, 11) is 0. The summed E-state index contributed by atoms with van der Waals surface area (Å²) >= 11 is 0. The number of carbonyl (C=O) groups is 1. The Morgan fingerprint density at radius 1 is 1.10 bits per heavy atom. The third kappa shape index (κ3) is 4.28. The van der Waals surface area contributed by atoms with E-state index in [1.807, 2.05) is 53.4 Å². The predicted octanol–water partition coefficient (Wildman–Crippen LogP) is 3.54. The van der Waals surface area contributed by atoms with E-state index in [-0.39, 0.29) is 29.3 Å². The Bertz CT molecular complexity index is 1020. The summed E-state index contributed by atoms with van der Waals surface area (Å²) in [6, 6.07) is 12.4. The number of amides is 1. The highest BCUT2D eigenvalue weighted by molar-refractivity contribution is 5.98. The summed E-state index contributed by atoms with van der Waals surface area (Å²) in [5.74, 6) is -1.12. The van der Waals surface area contributed by atoms with Gasteiger partial charge in [-0.2, -0.15) is 0 Å². The number of nitrogens with zero attached hydrogens (tertiary/aromatic N) is 2. The van der Waals surface area contributed by atoms with Gasteiger partial charge in [-0.05, 0) is 55.3 Å². The Balaban J connectivity index is 1.60. The lowest BCUT2D eigenvalue weighted by Gasteiger charge is -2.30. The molecule has 156 valence electrons. The molecule has 2 aromatic heterocycles. The van der Waals surface area contributed by atoms with Gasteiger partial charge in [0.2, 0.25) is 0 Å². The van der Waals surface area contributed by atoms with E-state index in [1.165, 1.54) is 0 Å². The molecule has 7 nitrogen and oxygen atoms in total. The molecule has 0 aliphatic heterocycles. The number of carbonyl (C=O) groups excluding carboxylic acids is 1. The van der Waals surface area contributed by atoms with Gasteiger partial charge in [-0.3, -0.25) is 4.79 Å². The molecule has 0 unspecified atom stereocenters. The SMILES string of the molecule is NC(=O)c1cc(F)c(N[C@@H]2CCCC[C@@H]2N)nc1Nc1ccc(-n2cccc2)cc1. The number of rotatable bonds is 6. The van der Waals surface area contributed by atoms with Gasteiger partial charge < -0.3 is 26.7 Å². The van der Waals surface area contributed by atoms with Crippen molar-refractivity contribution in [2.24, 2.45) is 11.5 Å². The molecule has 2 heterocycles. The summed E-state index contributed by atoms with van der Waals surface area (Å²) in [4.78, 5) is 16.2. The number of halogens is 1. The Labute approximate surface area is 174 Å². The molecule has 1 aliphatic rings. The van der Waals surface area contributed by atoms with Crippen LogP contribution < -0.4 is 22.1 Å². The fourth-order valence-corrected chi connectivity index (χ4v) is 3.75. The first kappa shape index (κ1) is 19.9. The minimum atomic E-state index is -0.756. The lowest BCUT2D eigenvalue weighted by atomic mass is 9.91. The number of nitrogens with two attached hydrogens (primary N) is 2. The minimum absolute atomic E-state index is 0.0134. The maximum Gasteiger partial charge on any atom is 0.252 e. The number of nitrogens with one attached hydrogen (secondary N) is 2. The molecule has 1 saturated carbocycles. The van der Waals surface area contributed by atoms with Gasteiger partial charge in [-0.15, -0.1) is 0 Å². The highest BCUT2D eigenvalue weighted by Crippen LogP contribution is 2.27. The zero-order valence-corrected chi connectivity index (χ0v) is 16.5. The second-order valence-corrected chi connectivity index (χ2v) is 7.54. The standard InChI is InChI=1S/C22H25FN6O/c23-17-13-16(20(25)30)21(28-22(17)27-19-6-2-1-5-18(19)24)26-14-7-9-15(10-8-14)29-11-3-4-12-29/h3-4,7-13,18-19H,1-2,5-6,24H2,(H2,25,30)(H2,26,27,28)/t18-,19+/m0/s1. The van der Waals surface area contributed by atoms with Gasteiger partial charge in [0.1, 0.15) is 5.82 Å². The van der Waals surface area contributed by atoms with Crippen LogP contribution in [0.2, 0.25) is 0 Å². The smallest absolute Gasteiger partial charge is 0.252 e. The van der Waals surface area contributed by atoms with Crippen LogP contribution in [0.4, 0.5) is 21.7 Å². The summed E-state index contributed by atoms with van der Waals surface area (Å²) in [6.07, 6.45) is 7.74. The quantitative estimate of drug-likeness (QED) is 0.499. The van der Waals surface area contributed by atoms with Crippen molar-refractivity contribution >= 4 is 23.2 Å². The van der Waals surface area contributed by atoms with E-state index >= 15 is 0 Å². The molecule has 8 heteroatoms. The number of hydrogen-bond acceptors (Lipinski definition) is 5. The summed E-state index contributed by atoms with van der Waals surface area (Å²) in [5, 5.41) is 6.20. The highest BCUT2D eigenvalue weighted by atomic mass is 19.1. The molecular weight excluding hydrogens is 383 g/mol. The normalized spacial score (nSPS) is 18.7. The van der Waals surface area contributed by atoms with Gasteiger partial charge in [0.15, 0.2) is 11.6 Å². The van der Waals surface area contributed by atoms with Crippen LogP contribution in [-0.2, 0) is 0 Å². The topological polar surface area (TPSA) is 111 Å². The molecule has 6 N–H and O–H groups in total. The van der Waals surface area contributed by atoms with E-state index in [2.05, 4.69) is 15.6 Å². The van der Waals surface area contributed by atoms with Gasteiger partial charge in [0, 0.05) is 35.9 Å². The zero-order chi connectivity index (χ0) is 21.1. The lowest BCUT2D eigenvalue weighted by Crippen LogP contribution is -2.43. The number of aromatic nitrogens is 2. The van der Waals surface area contributed by atoms with E-state index in [0.29, 0.717) is 5.69 Å². The average Bonchev–Trinajstić information content (AvgIpc) is 3.27. The van der Waals surface area contributed by atoms with Gasteiger partial charge in [0.05, 0.1) is 5.56 Å². The Morgan fingerprint density at radius 3 is 2.47 bits per heavy atom. The maximum atomic E-state index is 14.6. The largest absolute Gasteiger partial charge is 0.365 e. The van der Waals surface area contributed by atoms with Crippen molar-refractivity contribution < 1.29 is 9.18 Å². The van der Waals surface area contributed by atoms with Crippen LogP contribution in [-0.4, -0.2) is 27.5 Å². The third-order valence-corrected chi connectivity index (χ3v) is 5.42. The molecule has 0 spiro atoms. The molecule has 3 aromatic rings. The number of hydrogen-bond donors (Lipinski definition) is 4. The monoisotopic (exact) mass is 408 g/mol. The maximum absolute atomic E-state index is 14.6. The second kappa shape index (κ2) is 8.54. The molecular formula is C22H25FN6O. The Morgan fingerprint density at radius 2 is 1.80 bits per heavy atom. The van der Waals surface area contributed by atoms with Crippen LogP contribution in [0.1, 0.15) is 36.0 Å². The van der Waals surface area contributed by atoms with Gasteiger partial charge in [0.25, 0.3) is 5.91 Å². The Hall–Kier alpha value is -3.39. The first-order chi connectivity index (χ1) is 14.5. The molecule has 4 rings (SSSR count). The lowest BCUT2D eigenvalue weighted by molar-refractivity contribution is 0.100. The van der Waals surface area contributed by atoms with Crippen LogP contribution in [0.5, 0.6) is 0 Å². The second-order valence-electron chi connectivity index (χ2n) is 7.54. The Kier molecular flexibility index (Phi) is 5.67. The van der Waals surface area contributed by atoms with Crippen molar-refractivity contribution in [2.75, 3.05) is 10.6 Å². The van der Waals surface area contributed by atoms with E-state index in [0.717, 1.165) is 37.4 Å². The molecule has 1 aliphatic carbocycles. The van der Waals surface area contributed by atoms with E-state index in [4.69, 9.17) is 11.5 Å². The van der Waals surface area contributed by atoms with Crippen molar-refractivity contribution in [3.63, 3.8) is 0 Å². The molecule has 1 fully saturated rings. The predicted molar refractivity (Wildman–Crippen MR) is 116 cm³/mol.